The Morgan fingerprint density at radius 2 is 2.21 bits per heavy atom. The molecule has 1 aliphatic heterocycles. The van der Waals surface area contributed by atoms with E-state index in [1.54, 1.807) is 0 Å². The van der Waals surface area contributed by atoms with Crippen LogP contribution in [0, 0.1) is 5.41 Å². The molecule has 2 heterocycles. The van der Waals surface area contributed by atoms with Crippen LogP contribution in [0.2, 0.25) is 0 Å². The molecule has 8 nitrogen and oxygen atoms in total. The van der Waals surface area contributed by atoms with Crippen LogP contribution in [0.1, 0.15) is 26.7 Å². The van der Waals surface area contributed by atoms with Crippen LogP contribution in [0.4, 0.5) is 0 Å². The number of hydrogen-bond donors (Lipinski definition) is 1. The molecule has 0 aromatic carbocycles. The topological polar surface area (TPSA) is 101 Å². The molecule has 1 aromatic rings. The van der Waals surface area contributed by atoms with Crippen molar-refractivity contribution >= 4 is 11.9 Å². The fourth-order valence-corrected chi connectivity index (χ4v) is 2.61. The van der Waals surface area contributed by atoms with Gasteiger partial charge in [-0.25, -0.2) is 9.48 Å². The maximum atomic E-state index is 12.2. The number of piperidine rings is 1. The summed E-state index contributed by atoms with van der Waals surface area (Å²) in [5, 5.41) is 19.9. The van der Waals surface area contributed by atoms with Gasteiger partial charge in [0.1, 0.15) is 18.9 Å². The standard InChI is InChI=1S/C11H17N5O3/c1-11(2)4-3-5-16(9(11)10(18)19)8(17)6-15-7-12-13-14-15/h7,9H,3-6H2,1-2H3,(H,18,19). The zero-order valence-corrected chi connectivity index (χ0v) is 11.0. The molecule has 1 saturated heterocycles. The summed E-state index contributed by atoms with van der Waals surface area (Å²) in [6.07, 6.45) is 2.93. The highest BCUT2D eigenvalue weighted by atomic mass is 16.4. The van der Waals surface area contributed by atoms with Crippen LogP contribution >= 0.6 is 0 Å². The smallest absolute Gasteiger partial charge is 0.326 e. The number of aliphatic carboxylic acids is 1. The van der Waals surface area contributed by atoms with Crippen molar-refractivity contribution in [2.75, 3.05) is 6.54 Å². The molecular formula is C11H17N5O3. The first-order valence-electron chi connectivity index (χ1n) is 6.15. The van der Waals surface area contributed by atoms with Gasteiger partial charge >= 0.3 is 5.97 Å². The summed E-state index contributed by atoms with van der Waals surface area (Å²) >= 11 is 0. The lowest BCUT2D eigenvalue weighted by atomic mass is 9.76. The summed E-state index contributed by atoms with van der Waals surface area (Å²) in [6, 6.07) is -0.801. The molecule has 1 fully saturated rings. The van der Waals surface area contributed by atoms with E-state index in [2.05, 4.69) is 15.5 Å². The minimum Gasteiger partial charge on any atom is -0.480 e. The van der Waals surface area contributed by atoms with Gasteiger partial charge in [0.2, 0.25) is 5.91 Å². The number of carboxylic acid groups (broad SMARTS) is 1. The molecule has 1 N–H and O–H groups in total. The Hall–Kier alpha value is -1.99. The normalized spacial score (nSPS) is 22.2. The minimum absolute atomic E-state index is 0.0349. The summed E-state index contributed by atoms with van der Waals surface area (Å²) in [4.78, 5) is 25.1. The summed E-state index contributed by atoms with van der Waals surface area (Å²) < 4.78 is 1.29. The van der Waals surface area contributed by atoms with Crippen molar-refractivity contribution in [3.05, 3.63) is 6.33 Å². The van der Waals surface area contributed by atoms with Crippen molar-refractivity contribution in [2.45, 2.75) is 39.3 Å². The third kappa shape index (κ3) is 2.72. The average Bonchev–Trinajstić information content (AvgIpc) is 2.79. The molecule has 0 aliphatic carbocycles. The van der Waals surface area contributed by atoms with Crippen molar-refractivity contribution in [3.8, 4) is 0 Å². The van der Waals surface area contributed by atoms with E-state index in [0.717, 1.165) is 12.8 Å². The van der Waals surface area contributed by atoms with Crippen LogP contribution < -0.4 is 0 Å². The van der Waals surface area contributed by atoms with Gasteiger partial charge in [0.15, 0.2) is 0 Å². The van der Waals surface area contributed by atoms with Crippen LogP contribution in [0.5, 0.6) is 0 Å². The minimum atomic E-state index is -0.963. The lowest BCUT2D eigenvalue weighted by Crippen LogP contribution is -2.57. The van der Waals surface area contributed by atoms with Gasteiger partial charge in [0.25, 0.3) is 0 Å². The lowest BCUT2D eigenvalue weighted by molar-refractivity contribution is -0.159. The first-order valence-corrected chi connectivity index (χ1v) is 6.15. The number of amides is 1. The van der Waals surface area contributed by atoms with Crippen molar-refractivity contribution in [3.63, 3.8) is 0 Å². The van der Waals surface area contributed by atoms with Crippen molar-refractivity contribution < 1.29 is 14.7 Å². The van der Waals surface area contributed by atoms with Gasteiger partial charge in [0, 0.05) is 6.54 Å². The molecule has 19 heavy (non-hydrogen) atoms. The average molecular weight is 267 g/mol. The SMILES string of the molecule is CC1(C)CCCN(C(=O)Cn2cnnn2)C1C(=O)O. The lowest BCUT2D eigenvalue weighted by Gasteiger charge is -2.43. The Balaban J connectivity index is 2.16. The number of carbonyl (C=O) groups excluding carboxylic acids is 1. The Kier molecular flexibility index (Phi) is 3.50. The third-order valence-corrected chi connectivity index (χ3v) is 3.52. The molecule has 1 amide bonds. The molecule has 0 bridgehead atoms. The Morgan fingerprint density at radius 1 is 1.47 bits per heavy atom. The van der Waals surface area contributed by atoms with Gasteiger partial charge in [-0.05, 0) is 28.7 Å². The maximum absolute atomic E-state index is 12.2. The summed E-state index contributed by atoms with van der Waals surface area (Å²) in [5.41, 5.74) is -0.430. The molecule has 104 valence electrons. The molecule has 0 spiro atoms. The molecule has 1 atom stereocenters. The first kappa shape index (κ1) is 13.4. The number of nitrogens with zero attached hydrogens (tertiary/aromatic N) is 5. The zero-order chi connectivity index (χ0) is 14.0. The molecule has 0 saturated carbocycles. The predicted molar refractivity (Wildman–Crippen MR) is 64.0 cm³/mol. The van der Waals surface area contributed by atoms with Gasteiger partial charge in [-0.2, -0.15) is 0 Å². The number of rotatable bonds is 3. The molecule has 0 radical (unpaired) electrons. The van der Waals surface area contributed by atoms with Gasteiger partial charge in [-0.1, -0.05) is 13.8 Å². The van der Waals surface area contributed by atoms with E-state index >= 15 is 0 Å². The van der Waals surface area contributed by atoms with Crippen LogP contribution in [0.3, 0.4) is 0 Å². The maximum Gasteiger partial charge on any atom is 0.326 e. The van der Waals surface area contributed by atoms with E-state index in [0.29, 0.717) is 6.54 Å². The highest BCUT2D eigenvalue weighted by Gasteiger charge is 2.44. The van der Waals surface area contributed by atoms with E-state index in [9.17, 15) is 14.7 Å². The largest absolute Gasteiger partial charge is 0.480 e. The highest BCUT2D eigenvalue weighted by molar-refractivity contribution is 5.84. The molecule has 1 aromatic heterocycles. The monoisotopic (exact) mass is 267 g/mol. The van der Waals surface area contributed by atoms with Crippen LogP contribution in [0.15, 0.2) is 6.33 Å². The fourth-order valence-electron chi connectivity index (χ4n) is 2.61. The Bertz CT molecular complexity index is 471. The second kappa shape index (κ2) is 4.94. The van der Waals surface area contributed by atoms with Crippen molar-refractivity contribution in [2.24, 2.45) is 5.41 Å². The van der Waals surface area contributed by atoms with E-state index in [1.807, 2.05) is 13.8 Å². The predicted octanol–water partition coefficient (Wildman–Crippen LogP) is -0.225. The van der Waals surface area contributed by atoms with Crippen LogP contribution in [-0.4, -0.2) is 54.7 Å². The molecule has 1 unspecified atom stereocenters. The first-order chi connectivity index (χ1) is 8.92. The zero-order valence-electron chi connectivity index (χ0n) is 11.0. The van der Waals surface area contributed by atoms with Crippen LogP contribution in [0.25, 0.3) is 0 Å². The van der Waals surface area contributed by atoms with Crippen molar-refractivity contribution in [1.29, 1.82) is 0 Å². The summed E-state index contributed by atoms with van der Waals surface area (Å²) in [6.45, 7) is 4.18. The van der Waals surface area contributed by atoms with Gasteiger partial charge in [-0.15, -0.1) is 5.10 Å². The number of aromatic nitrogens is 4. The molecule has 1 aliphatic rings. The van der Waals surface area contributed by atoms with Crippen LogP contribution in [-0.2, 0) is 16.1 Å². The molecule has 8 heteroatoms. The second-order valence-corrected chi connectivity index (χ2v) is 5.43. The number of carboxylic acids is 1. The van der Waals surface area contributed by atoms with E-state index in [4.69, 9.17) is 0 Å². The number of tetrazole rings is 1. The number of likely N-dealkylation sites (tertiary alicyclic amines) is 1. The molecule has 2 rings (SSSR count). The fraction of sp³-hybridized carbons (Fsp3) is 0.727. The third-order valence-electron chi connectivity index (χ3n) is 3.52. The van der Waals surface area contributed by atoms with E-state index < -0.39 is 17.4 Å². The van der Waals surface area contributed by atoms with Gasteiger partial charge < -0.3 is 10.0 Å². The highest BCUT2D eigenvalue weighted by Crippen LogP contribution is 2.35. The molecular weight excluding hydrogens is 250 g/mol. The number of carbonyl (C=O) groups is 2. The number of hydrogen-bond acceptors (Lipinski definition) is 5. The quantitative estimate of drug-likeness (QED) is 0.812. The summed E-state index contributed by atoms with van der Waals surface area (Å²) in [7, 11) is 0. The Morgan fingerprint density at radius 3 is 2.79 bits per heavy atom. The van der Waals surface area contributed by atoms with E-state index in [1.165, 1.54) is 15.9 Å². The van der Waals surface area contributed by atoms with Crippen molar-refractivity contribution in [1.82, 2.24) is 25.1 Å². The summed E-state index contributed by atoms with van der Waals surface area (Å²) in [5.74, 6) is -1.23. The van der Waals surface area contributed by atoms with Gasteiger partial charge in [0.05, 0.1) is 0 Å². The van der Waals surface area contributed by atoms with E-state index in [-0.39, 0.29) is 12.5 Å². The Labute approximate surface area is 110 Å². The second-order valence-electron chi connectivity index (χ2n) is 5.43. The van der Waals surface area contributed by atoms with Gasteiger partial charge in [-0.3, -0.25) is 4.79 Å².